The van der Waals surface area contributed by atoms with Crippen molar-refractivity contribution >= 4 is 27.1 Å². The highest BCUT2D eigenvalue weighted by Crippen LogP contribution is 2.24. The first-order chi connectivity index (χ1) is 6.18. The van der Waals surface area contributed by atoms with Gasteiger partial charge < -0.3 is 0 Å². The largest absolute Gasteiger partial charge is 0.270 e. The molecule has 0 saturated heterocycles. The molecule has 1 aromatic heterocycles. The Balaban J connectivity index is 2.72. The highest BCUT2D eigenvalue weighted by molar-refractivity contribution is 7.17. The fraction of sp³-hybridized carbons (Fsp3) is 0. The van der Waals surface area contributed by atoms with Gasteiger partial charge in [-0.05, 0) is 22.9 Å². The Morgan fingerprint density at radius 1 is 1.58 bits per heavy atom. The lowest BCUT2D eigenvalue weighted by atomic mass is 10.2. The molecule has 0 bridgehead atoms. The summed E-state index contributed by atoms with van der Waals surface area (Å²) in [5.74, 6) is 0. The monoisotopic (exact) mass is 180 g/mol. The molecular formula is C8H5NO2S. The van der Waals surface area contributed by atoms with Crippen LogP contribution in [0.3, 0.4) is 0 Å². The summed E-state index contributed by atoms with van der Waals surface area (Å²) >= 11 is 1.42. The molecule has 12 heavy (non-hydrogen) atoms. The number of benzene rings is 1. The normalized spacial score (nSPS) is 11.5. The van der Waals surface area contributed by atoms with E-state index in [1.165, 1.54) is 23.5 Å². The molecule has 0 amide bonds. The van der Waals surface area contributed by atoms with Crippen LogP contribution in [0.2, 0.25) is 0 Å². The van der Waals surface area contributed by atoms with E-state index in [1.807, 2.05) is 0 Å². The van der Waals surface area contributed by atoms with Gasteiger partial charge in [0.25, 0.3) is 5.69 Å². The van der Waals surface area contributed by atoms with Crippen LogP contribution in [0, 0.1) is 10.1 Å². The van der Waals surface area contributed by atoms with E-state index in [0.29, 0.717) is 11.4 Å². The molecule has 0 unspecified atom stereocenters. The van der Waals surface area contributed by atoms with E-state index in [2.05, 4.69) is 0 Å². The van der Waals surface area contributed by atoms with Crippen molar-refractivity contribution in [3.8, 4) is 0 Å². The predicted molar refractivity (Wildman–Crippen MR) is 48.5 cm³/mol. The SMILES string of the molecule is [2H]c1csc2ccc([N+](=O)[O-])cc12. The molecule has 0 aliphatic heterocycles. The summed E-state index contributed by atoms with van der Waals surface area (Å²) in [7, 11) is 0. The molecule has 1 aromatic carbocycles. The number of nitrogens with zero attached hydrogens (tertiary/aromatic N) is 1. The van der Waals surface area contributed by atoms with Crippen LogP contribution >= 0.6 is 11.3 Å². The molecule has 4 heteroatoms. The van der Waals surface area contributed by atoms with E-state index in [0.717, 1.165) is 4.70 Å². The minimum atomic E-state index is -0.448. The van der Waals surface area contributed by atoms with Crippen LogP contribution in [0.1, 0.15) is 1.37 Å². The van der Waals surface area contributed by atoms with Crippen molar-refractivity contribution in [1.82, 2.24) is 0 Å². The summed E-state index contributed by atoms with van der Waals surface area (Å²) in [6.07, 6.45) is 0. The number of thiophene rings is 1. The summed E-state index contributed by atoms with van der Waals surface area (Å²) in [6, 6.07) is 4.92. The molecule has 0 spiro atoms. The standard InChI is InChI=1S/C8H5NO2S/c10-9(11)7-1-2-8-6(5-7)3-4-12-8/h1-5H/i3D. The number of fused-ring (bicyclic) bond motifs is 1. The lowest BCUT2D eigenvalue weighted by Gasteiger charge is -1.90. The maximum Gasteiger partial charge on any atom is 0.270 e. The minimum Gasteiger partial charge on any atom is -0.258 e. The first kappa shape index (κ1) is 6.14. The Hall–Kier alpha value is -1.42. The molecule has 0 aliphatic carbocycles. The van der Waals surface area contributed by atoms with E-state index < -0.39 is 4.92 Å². The van der Waals surface area contributed by atoms with Crippen LogP contribution < -0.4 is 0 Å². The van der Waals surface area contributed by atoms with Crippen LogP contribution in [0.15, 0.2) is 29.6 Å². The first-order valence-corrected chi connectivity index (χ1v) is 4.18. The average molecular weight is 180 g/mol. The Morgan fingerprint density at radius 2 is 2.42 bits per heavy atom. The van der Waals surface area contributed by atoms with Gasteiger partial charge in [-0.25, -0.2) is 0 Å². The van der Waals surface area contributed by atoms with Crippen molar-refractivity contribution in [2.24, 2.45) is 0 Å². The molecule has 60 valence electrons. The minimum absolute atomic E-state index is 0.0411. The molecular weight excluding hydrogens is 174 g/mol. The third kappa shape index (κ3) is 1.06. The van der Waals surface area contributed by atoms with Gasteiger partial charge in [0.05, 0.1) is 6.29 Å². The zero-order valence-corrected chi connectivity index (χ0v) is 6.80. The number of nitro benzene ring substituents is 1. The average Bonchev–Trinajstić information content (AvgIpc) is 2.47. The molecule has 2 aromatic rings. The molecule has 0 atom stereocenters. The van der Waals surface area contributed by atoms with Crippen molar-refractivity contribution < 1.29 is 6.29 Å². The Bertz CT molecular complexity index is 480. The lowest BCUT2D eigenvalue weighted by Crippen LogP contribution is -1.85. The van der Waals surface area contributed by atoms with Gasteiger partial charge >= 0.3 is 0 Å². The Labute approximate surface area is 73.8 Å². The van der Waals surface area contributed by atoms with Crippen LogP contribution in [-0.2, 0) is 0 Å². The van der Waals surface area contributed by atoms with Crippen molar-refractivity contribution in [3.05, 3.63) is 39.7 Å². The van der Waals surface area contributed by atoms with Crippen LogP contribution in [0.4, 0.5) is 5.69 Å². The number of hydrogen-bond acceptors (Lipinski definition) is 3. The van der Waals surface area contributed by atoms with E-state index in [-0.39, 0.29) is 5.69 Å². The van der Waals surface area contributed by atoms with Crippen molar-refractivity contribution in [2.75, 3.05) is 0 Å². The second kappa shape index (κ2) is 2.57. The number of nitro groups is 1. The molecule has 0 saturated carbocycles. The molecule has 0 fully saturated rings. The zero-order chi connectivity index (χ0) is 9.42. The van der Waals surface area contributed by atoms with Gasteiger partial charge in [-0.2, -0.15) is 0 Å². The highest BCUT2D eigenvalue weighted by atomic mass is 32.1. The van der Waals surface area contributed by atoms with Crippen molar-refractivity contribution in [3.63, 3.8) is 0 Å². The molecule has 3 nitrogen and oxygen atoms in total. The zero-order valence-electron chi connectivity index (χ0n) is 6.98. The third-order valence-electron chi connectivity index (χ3n) is 1.57. The topological polar surface area (TPSA) is 43.1 Å². The fourth-order valence-corrected chi connectivity index (χ4v) is 1.71. The summed E-state index contributed by atoms with van der Waals surface area (Å²) < 4.78 is 8.38. The van der Waals surface area contributed by atoms with Gasteiger partial charge in [0.2, 0.25) is 0 Å². The van der Waals surface area contributed by atoms with E-state index in [1.54, 1.807) is 11.4 Å². The van der Waals surface area contributed by atoms with Crippen molar-refractivity contribution in [2.45, 2.75) is 0 Å². The fourth-order valence-electron chi connectivity index (χ4n) is 1.00. The van der Waals surface area contributed by atoms with Crippen LogP contribution in [-0.4, -0.2) is 4.92 Å². The third-order valence-corrected chi connectivity index (χ3v) is 2.42. The Kier molecular flexibility index (Phi) is 1.31. The molecule has 1 heterocycles. The van der Waals surface area contributed by atoms with Crippen molar-refractivity contribution in [1.29, 1.82) is 0 Å². The molecule has 0 aliphatic rings. The van der Waals surface area contributed by atoms with Crippen LogP contribution in [0.25, 0.3) is 10.1 Å². The van der Waals surface area contributed by atoms with Gasteiger partial charge in [0, 0.05) is 16.8 Å². The summed E-state index contributed by atoms with van der Waals surface area (Å²) in [5, 5.41) is 12.8. The maximum absolute atomic E-state index is 10.4. The Morgan fingerprint density at radius 3 is 3.17 bits per heavy atom. The van der Waals surface area contributed by atoms with Gasteiger partial charge in [-0.1, -0.05) is 0 Å². The first-order valence-electron chi connectivity index (χ1n) is 3.81. The predicted octanol–water partition coefficient (Wildman–Crippen LogP) is 2.81. The molecule has 0 radical (unpaired) electrons. The highest BCUT2D eigenvalue weighted by Gasteiger charge is 2.05. The maximum atomic E-state index is 10.4. The summed E-state index contributed by atoms with van der Waals surface area (Å²) in [4.78, 5) is 9.98. The van der Waals surface area contributed by atoms with Gasteiger partial charge in [0.15, 0.2) is 0 Å². The van der Waals surface area contributed by atoms with Gasteiger partial charge in [-0.15, -0.1) is 11.3 Å². The number of rotatable bonds is 1. The van der Waals surface area contributed by atoms with Gasteiger partial charge in [-0.3, -0.25) is 10.1 Å². The second-order valence-corrected chi connectivity index (χ2v) is 3.23. The molecule has 0 N–H and O–H groups in total. The van der Waals surface area contributed by atoms with Gasteiger partial charge in [0.1, 0.15) is 0 Å². The van der Waals surface area contributed by atoms with E-state index in [9.17, 15) is 10.1 Å². The van der Waals surface area contributed by atoms with E-state index >= 15 is 0 Å². The second-order valence-electron chi connectivity index (χ2n) is 2.32. The number of non-ortho nitro benzene ring substituents is 1. The lowest BCUT2D eigenvalue weighted by molar-refractivity contribution is -0.384. The van der Waals surface area contributed by atoms with E-state index in [4.69, 9.17) is 1.37 Å². The van der Waals surface area contributed by atoms with Crippen LogP contribution in [0.5, 0.6) is 0 Å². The number of hydrogen-bond donors (Lipinski definition) is 0. The summed E-state index contributed by atoms with van der Waals surface area (Å²) in [5.41, 5.74) is 0.0411. The summed E-state index contributed by atoms with van der Waals surface area (Å²) in [6.45, 7) is 0. The smallest absolute Gasteiger partial charge is 0.258 e. The quantitative estimate of drug-likeness (QED) is 0.500. The molecule has 2 rings (SSSR count).